The van der Waals surface area contributed by atoms with E-state index in [2.05, 4.69) is 5.32 Å². The van der Waals surface area contributed by atoms with Gasteiger partial charge in [0.05, 0.1) is 21.7 Å². The Balaban J connectivity index is 1.58. The zero-order valence-corrected chi connectivity index (χ0v) is 15.0. The van der Waals surface area contributed by atoms with Crippen LogP contribution in [0, 0.1) is 5.82 Å². The quantitative estimate of drug-likeness (QED) is 0.791. The molecule has 1 atom stereocenters. The Bertz CT molecular complexity index is 863. The topological polar surface area (TPSA) is 66.5 Å². The van der Waals surface area contributed by atoms with Gasteiger partial charge in [0, 0.05) is 12.1 Å². The molecule has 1 aliphatic rings. The Kier molecular flexibility index (Phi) is 5.58. The van der Waals surface area contributed by atoms with Crippen LogP contribution < -0.4 is 10.2 Å². The van der Waals surface area contributed by atoms with Crippen LogP contribution in [-0.2, 0) is 14.4 Å². The van der Waals surface area contributed by atoms with Gasteiger partial charge in [-0.1, -0.05) is 29.8 Å². The van der Waals surface area contributed by atoms with E-state index >= 15 is 0 Å². The molecule has 3 amide bonds. The molecule has 0 aromatic heterocycles. The lowest BCUT2D eigenvalue weighted by molar-refractivity contribution is -0.121. The van der Waals surface area contributed by atoms with E-state index in [0.717, 1.165) is 22.7 Å². The highest BCUT2D eigenvalue weighted by atomic mass is 35.5. The maximum Gasteiger partial charge on any atom is 0.247 e. The van der Waals surface area contributed by atoms with Crippen LogP contribution in [0.5, 0.6) is 0 Å². The summed E-state index contributed by atoms with van der Waals surface area (Å²) in [7, 11) is 0. The highest BCUT2D eigenvalue weighted by Crippen LogP contribution is 2.29. The molecule has 0 spiro atoms. The van der Waals surface area contributed by atoms with Crippen molar-refractivity contribution in [2.75, 3.05) is 16.0 Å². The summed E-state index contributed by atoms with van der Waals surface area (Å²) in [6.45, 7) is 0. The minimum absolute atomic E-state index is 0.0126. The molecule has 1 saturated heterocycles. The Hall–Kier alpha value is -2.38. The second-order valence-electron chi connectivity index (χ2n) is 5.58. The predicted molar refractivity (Wildman–Crippen MR) is 99.8 cm³/mol. The molecule has 1 heterocycles. The van der Waals surface area contributed by atoms with E-state index in [1.165, 1.54) is 12.1 Å². The minimum atomic E-state index is -0.606. The first kappa shape index (κ1) is 18.4. The van der Waals surface area contributed by atoms with Gasteiger partial charge in [0.15, 0.2) is 0 Å². The highest BCUT2D eigenvalue weighted by Gasteiger charge is 2.39. The van der Waals surface area contributed by atoms with Crippen LogP contribution in [-0.4, -0.2) is 28.7 Å². The van der Waals surface area contributed by atoms with Gasteiger partial charge in [-0.2, -0.15) is 0 Å². The largest absolute Gasteiger partial charge is 0.325 e. The molecule has 2 aromatic carbocycles. The number of amides is 3. The molecule has 5 nitrogen and oxygen atoms in total. The molecule has 0 radical (unpaired) electrons. The smallest absolute Gasteiger partial charge is 0.247 e. The summed E-state index contributed by atoms with van der Waals surface area (Å²) in [6.07, 6.45) is 0.0497. The number of nitrogens with zero attached hydrogens (tertiary/aromatic N) is 1. The van der Waals surface area contributed by atoms with Crippen LogP contribution >= 0.6 is 23.4 Å². The molecular formula is C18H14ClFN2O3S. The van der Waals surface area contributed by atoms with Crippen LogP contribution in [0.15, 0.2) is 48.5 Å². The molecule has 0 bridgehead atoms. The van der Waals surface area contributed by atoms with Crippen molar-refractivity contribution in [3.63, 3.8) is 0 Å². The van der Waals surface area contributed by atoms with Crippen molar-refractivity contribution >= 4 is 52.5 Å². The third kappa shape index (κ3) is 4.05. The molecule has 8 heteroatoms. The van der Waals surface area contributed by atoms with Gasteiger partial charge in [-0.3, -0.25) is 14.4 Å². The molecule has 1 fully saturated rings. The van der Waals surface area contributed by atoms with Gasteiger partial charge in [0.25, 0.3) is 0 Å². The van der Waals surface area contributed by atoms with Crippen LogP contribution in [0.3, 0.4) is 0 Å². The van der Waals surface area contributed by atoms with Gasteiger partial charge in [-0.15, -0.1) is 11.8 Å². The standard InChI is InChI=1S/C18H14ClFN2O3S/c19-13-8-11(6-7-14(13)20)21-16(23)10-26-15-9-17(24)22(18(15)25)12-4-2-1-3-5-12/h1-8,15H,9-10H2,(H,21,23)/t15-/m1/s1. The van der Waals surface area contributed by atoms with E-state index in [1.54, 1.807) is 30.3 Å². The van der Waals surface area contributed by atoms with E-state index in [-0.39, 0.29) is 34.9 Å². The number of carbonyl (C=O) groups is 3. The number of hydrogen-bond acceptors (Lipinski definition) is 4. The molecule has 0 unspecified atom stereocenters. The van der Waals surface area contributed by atoms with E-state index in [4.69, 9.17) is 11.6 Å². The number of halogens is 2. The normalized spacial score (nSPS) is 16.8. The van der Waals surface area contributed by atoms with Crippen LogP contribution in [0.4, 0.5) is 15.8 Å². The molecule has 3 rings (SSSR count). The first-order valence-corrected chi connectivity index (χ1v) is 9.17. The Labute approximate surface area is 158 Å². The number of benzene rings is 2. The lowest BCUT2D eigenvalue weighted by Gasteiger charge is -2.14. The van der Waals surface area contributed by atoms with Crippen LogP contribution in [0.1, 0.15) is 6.42 Å². The monoisotopic (exact) mass is 392 g/mol. The SMILES string of the molecule is O=C(CS[C@@H]1CC(=O)N(c2ccccc2)C1=O)Nc1ccc(F)c(Cl)c1. The molecule has 134 valence electrons. The fourth-order valence-electron chi connectivity index (χ4n) is 2.53. The summed E-state index contributed by atoms with van der Waals surface area (Å²) in [4.78, 5) is 37.8. The Morgan fingerprint density at radius 3 is 2.65 bits per heavy atom. The maximum atomic E-state index is 13.1. The molecule has 1 N–H and O–H groups in total. The number of thioether (sulfide) groups is 1. The van der Waals surface area contributed by atoms with Crippen molar-refractivity contribution in [3.8, 4) is 0 Å². The highest BCUT2D eigenvalue weighted by molar-refractivity contribution is 8.01. The average Bonchev–Trinajstić information content (AvgIpc) is 2.91. The molecule has 0 aliphatic carbocycles. The maximum absolute atomic E-state index is 13.1. The van der Waals surface area contributed by atoms with Crippen LogP contribution in [0.2, 0.25) is 5.02 Å². The van der Waals surface area contributed by atoms with Gasteiger partial charge < -0.3 is 5.32 Å². The summed E-state index contributed by atoms with van der Waals surface area (Å²) in [5.41, 5.74) is 0.887. The fourth-order valence-corrected chi connectivity index (χ4v) is 3.64. The van der Waals surface area contributed by atoms with Crippen molar-refractivity contribution in [2.45, 2.75) is 11.7 Å². The predicted octanol–water partition coefficient (Wildman–Crippen LogP) is 3.48. The van der Waals surface area contributed by atoms with Crippen molar-refractivity contribution in [3.05, 3.63) is 59.4 Å². The van der Waals surface area contributed by atoms with Gasteiger partial charge in [-0.05, 0) is 30.3 Å². The molecule has 2 aromatic rings. The second kappa shape index (κ2) is 7.88. The third-order valence-electron chi connectivity index (χ3n) is 3.74. The molecule has 0 saturated carbocycles. The van der Waals surface area contributed by atoms with E-state index in [9.17, 15) is 18.8 Å². The number of anilines is 2. The summed E-state index contributed by atoms with van der Waals surface area (Å²) >= 11 is 6.77. The lowest BCUT2D eigenvalue weighted by Crippen LogP contribution is -2.31. The number of rotatable bonds is 5. The summed E-state index contributed by atoms with van der Waals surface area (Å²) in [5.74, 6) is -1.57. The van der Waals surface area contributed by atoms with Crippen molar-refractivity contribution in [1.29, 1.82) is 0 Å². The molecule has 1 aliphatic heterocycles. The lowest BCUT2D eigenvalue weighted by atomic mass is 10.3. The van der Waals surface area contributed by atoms with Crippen molar-refractivity contribution < 1.29 is 18.8 Å². The second-order valence-corrected chi connectivity index (χ2v) is 7.18. The number of imide groups is 1. The molecular weight excluding hydrogens is 379 g/mol. The van der Waals surface area contributed by atoms with E-state index in [0.29, 0.717) is 11.4 Å². The van der Waals surface area contributed by atoms with Gasteiger partial charge in [-0.25, -0.2) is 9.29 Å². The minimum Gasteiger partial charge on any atom is -0.325 e. The van der Waals surface area contributed by atoms with Crippen LogP contribution in [0.25, 0.3) is 0 Å². The first-order valence-electron chi connectivity index (χ1n) is 7.74. The summed E-state index contributed by atoms with van der Waals surface area (Å²) in [6, 6.07) is 12.5. The first-order chi connectivity index (χ1) is 12.5. The van der Waals surface area contributed by atoms with Crippen molar-refractivity contribution in [1.82, 2.24) is 0 Å². The number of hydrogen-bond donors (Lipinski definition) is 1. The zero-order valence-electron chi connectivity index (χ0n) is 13.4. The summed E-state index contributed by atoms with van der Waals surface area (Å²) in [5, 5.41) is 1.88. The molecule has 26 heavy (non-hydrogen) atoms. The summed E-state index contributed by atoms with van der Waals surface area (Å²) < 4.78 is 13.1. The third-order valence-corrected chi connectivity index (χ3v) is 5.23. The van der Waals surface area contributed by atoms with Gasteiger partial charge >= 0.3 is 0 Å². The number of nitrogens with one attached hydrogen (secondary N) is 1. The van der Waals surface area contributed by atoms with E-state index < -0.39 is 11.1 Å². The average molecular weight is 393 g/mol. The zero-order chi connectivity index (χ0) is 18.7. The van der Waals surface area contributed by atoms with Gasteiger partial charge in [0.2, 0.25) is 17.7 Å². The fraction of sp³-hybridized carbons (Fsp3) is 0.167. The Morgan fingerprint density at radius 1 is 1.23 bits per heavy atom. The number of para-hydroxylation sites is 1. The number of carbonyl (C=O) groups excluding carboxylic acids is 3. The van der Waals surface area contributed by atoms with Crippen molar-refractivity contribution in [2.24, 2.45) is 0 Å². The van der Waals surface area contributed by atoms with E-state index in [1.807, 2.05) is 0 Å². The Morgan fingerprint density at radius 2 is 1.96 bits per heavy atom. The van der Waals surface area contributed by atoms with Gasteiger partial charge in [0.1, 0.15) is 5.82 Å².